The predicted molar refractivity (Wildman–Crippen MR) is 54.8 cm³/mol. The van der Waals surface area contributed by atoms with E-state index in [1.54, 1.807) is 5.38 Å². The Bertz CT molecular complexity index is 402. The molecule has 15 heavy (non-hydrogen) atoms. The number of nitrogens with one attached hydrogen (secondary N) is 1. The van der Waals surface area contributed by atoms with E-state index in [9.17, 15) is 9.59 Å². The summed E-state index contributed by atoms with van der Waals surface area (Å²) in [5, 5.41) is 4.36. The summed E-state index contributed by atoms with van der Waals surface area (Å²) in [7, 11) is 0. The van der Waals surface area contributed by atoms with Gasteiger partial charge in [-0.3, -0.25) is 4.79 Å². The van der Waals surface area contributed by atoms with Crippen LogP contribution in [-0.2, 0) is 11.2 Å². The number of rotatable bonds is 3. The van der Waals surface area contributed by atoms with Crippen molar-refractivity contribution in [3.8, 4) is 0 Å². The summed E-state index contributed by atoms with van der Waals surface area (Å²) in [6.45, 7) is 0.479. The van der Waals surface area contributed by atoms with Crippen LogP contribution in [0, 0.1) is 0 Å². The van der Waals surface area contributed by atoms with Crippen LogP contribution in [-0.4, -0.2) is 24.6 Å². The number of alkyl carbamates (subject to hydrolysis) is 1. The number of primary amides is 1. The summed E-state index contributed by atoms with van der Waals surface area (Å²) in [5.74, 6) is -0.433. The monoisotopic (exact) mass is 226 g/mol. The first-order chi connectivity index (χ1) is 7.16. The minimum absolute atomic E-state index is 0.204. The van der Waals surface area contributed by atoms with E-state index in [0.717, 1.165) is 5.56 Å². The number of carbonyl (C=O) groups excluding carboxylic acids is 2. The quantitative estimate of drug-likeness (QED) is 0.787. The zero-order valence-electron chi connectivity index (χ0n) is 7.86. The van der Waals surface area contributed by atoms with Gasteiger partial charge in [0.25, 0.3) is 5.91 Å². The van der Waals surface area contributed by atoms with Crippen LogP contribution in [0.1, 0.15) is 15.2 Å². The van der Waals surface area contributed by atoms with Crippen molar-refractivity contribution in [1.29, 1.82) is 0 Å². The van der Waals surface area contributed by atoms with Gasteiger partial charge in [-0.05, 0) is 17.0 Å². The molecule has 0 aromatic carbocycles. The molecule has 6 heteroatoms. The molecule has 1 aromatic rings. The van der Waals surface area contributed by atoms with Gasteiger partial charge in [0.2, 0.25) is 0 Å². The number of carbonyl (C=O) groups is 2. The fourth-order valence-electron chi connectivity index (χ4n) is 1.50. The molecule has 1 aliphatic heterocycles. The number of thiophene rings is 1. The van der Waals surface area contributed by atoms with Crippen molar-refractivity contribution >= 4 is 23.3 Å². The second-order valence-corrected chi connectivity index (χ2v) is 4.17. The van der Waals surface area contributed by atoms with Crippen LogP contribution in [0.3, 0.4) is 0 Å². The third-order valence-electron chi connectivity index (χ3n) is 2.17. The molecule has 0 radical (unpaired) electrons. The molecule has 1 fully saturated rings. The SMILES string of the molecule is NC(=O)c1sccc1CC1CNC(=O)O1. The van der Waals surface area contributed by atoms with E-state index < -0.39 is 12.0 Å². The Morgan fingerprint density at radius 1 is 1.73 bits per heavy atom. The fourth-order valence-corrected chi connectivity index (χ4v) is 2.29. The Hall–Kier alpha value is -1.56. The lowest BCUT2D eigenvalue weighted by molar-refractivity contribution is 0.100. The summed E-state index contributed by atoms with van der Waals surface area (Å²) in [6, 6.07) is 1.83. The molecule has 80 valence electrons. The standard InChI is InChI=1S/C9H10N2O3S/c10-8(12)7-5(1-2-15-7)3-6-4-11-9(13)14-6/h1-2,6H,3-4H2,(H2,10,12)(H,11,13). The lowest BCUT2D eigenvalue weighted by atomic mass is 10.1. The van der Waals surface area contributed by atoms with Gasteiger partial charge in [-0.15, -0.1) is 11.3 Å². The molecule has 5 nitrogen and oxygen atoms in total. The maximum Gasteiger partial charge on any atom is 0.407 e. The van der Waals surface area contributed by atoms with Gasteiger partial charge in [-0.2, -0.15) is 0 Å². The van der Waals surface area contributed by atoms with E-state index in [4.69, 9.17) is 10.5 Å². The van der Waals surface area contributed by atoms with Crippen molar-refractivity contribution in [2.45, 2.75) is 12.5 Å². The third kappa shape index (κ3) is 2.10. The largest absolute Gasteiger partial charge is 0.444 e. The van der Waals surface area contributed by atoms with Crippen molar-refractivity contribution < 1.29 is 14.3 Å². The highest BCUT2D eigenvalue weighted by Gasteiger charge is 2.24. The molecule has 0 saturated carbocycles. The third-order valence-corrected chi connectivity index (χ3v) is 3.14. The molecular weight excluding hydrogens is 216 g/mol. The number of cyclic esters (lactones) is 1. The van der Waals surface area contributed by atoms with E-state index >= 15 is 0 Å². The predicted octanol–water partition coefficient (Wildman–Crippen LogP) is 0.498. The molecule has 0 bridgehead atoms. The highest BCUT2D eigenvalue weighted by Crippen LogP contribution is 2.19. The van der Waals surface area contributed by atoms with Crippen LogP contribution in [0.5, 0.6) is 0 Å². The average Bonchev–Trinajstić information content (AvgIpc) is 2.75. The zero-order valence-corrected chi connectivity index (χ0v) is 8.67. The Morgan fingerprint density at radius 2 is 2.53 bits per heavy atom. The minimum atomic E-state index is -0.433. The summed E-state index contributed by atoms with van der Waals surface area (Å²) >= 11 is 1.31. The number of amides is 2. The van der Waals surface area contributed by atoms with Crippen LogP contribution in [0.2, 0.25) is 0 Å². The van der Waals surface area contributed by atoms with Gasteiger partial charge in [0.15, 0.2) is 0 Å². The van der Waals surface area contributed by atoms with E-state index in [2.05, 4.69) is 5.32 Å². The Balaban J connectivity index is 2.07. The van der Waals surface area contributed by atoms with E-state index in [0.29, 0.717) is 17.8 Å². The second kappa shape index (κ2) is 3.90. The molecule has 1 aliphatic rings. The van der Waals surface area contributed by atoms with Crippen LogP contribution >= 0.6 is 11.3 Å². The summed E-state index contributed by atoms with van der Waals surface area (Å²) in [5.41, 5.74) is 6.05. The fraction of sp³-hybridized carbons (Fsp3) is 0.333. The first-order valence-corrected chi connectivity index (χ1v) is 5.35. The van der Waals surface area contributed by atoms with Crippen LogP contribution in [0.15, 0.2) is 11.4 Å². The van der Waals surface area contributed by atoms with Crippen molar-refractivity contribution in [2.24, 2.45) is 5.73 Å². The first-order valence-electron chi connectivity index (χ1n) is 4.47. The topological polar surface area (TPSA) is 81.4 Å². The van der Waals surface area contributed by atoms with Gasteiger partial charge >= 0.3 is 6.09 Å². The first kappa shape index (κ1) is 9.97. The number of hydrogen-bond donors (Lipinski definition) is 2. The van der Waals surface area contributed by atoms with Gasteiger partial charge in [0.05, 0.1) is 11.4 Å². The molecule has 0 aliphatic carbocycles. The summed E-state index contributed by atoms with van der Waals surface area (Å²) < 4.78 is 4.97. The molecule has 0 spiro atoms. The van der Waals surface area contributed by atoms with Crippen LogP contribution in [0.4, 0.5) is 4.79 Å². The van der Waals surface area contributed by atoms with Gasteiger partial charge in [-0.1, -0.05) is 0 Å². The Morgan fingerprint density at radius 3 is 3.13 bits per heavy atom. The zero-order chi connectivity index (χ0) is 10.8. The molecule has 1 saturated heterocycles. The average molecular weight is 226 g/mol. The number of nitrogens with two attached hydrogens (primary N) is 1. The Labute approximate surface area is 90.2 Å². The highest BCUT2D eigenvalue weighted by molar-refractivity contribution is 7.12. The molecule has 2 heterocycles. The van der Waals surface area contributed by atoms with E-state index in [-0.39, 0.29) is 6.10 Å². The van der Waals surface area contributed by atoms with Gasteiger partial charge < -0.3 is 15.8 Å². The van der Waals surface area contributed by atoms with E-state index in [1.165, 1.54) is 11.3 Å². The van der Waals surface area contributed by atoms with Crippen molar-refractivity contribution in [2.75, 3.05) is 6.54 Å². The van der Waals surface area contributed by atoms with Gasteiger partial charge in [0.1, 0.15) is 6.10 Å². The second-order valence-electron chi connectivity index (χ2n) is 3.25. The van der Waals surface area contributed by atoms with Gasteiger partial charge in [-0.25, -0.2) is 4.79 Å². The maximum absolute atomic E-state index is 11.0. The smallest absolute Gasteiger partial charge is 0.407 e. The molecular formula is C9H10N2O3S. The van der Waals surface area contributed by atoms with Crippen LogP contribution < -0.4 is 11.1 Å². The molecule has 2 rings (SSSR count). The van der Waals surface area contributed by atoms with Crippen molar-refractivity contribution in [3.05, 3.63) is 21.9 Å². The van der Waals surface area contributed by atoms with Gasteiger partial charge in [0, 0.05) is 6.42 Å². The van der Waals surface area contributed by atoms with Crippen LogP contribution in [0.25, 0.3) is 0 Å². The summed E-state index contributed by atoms with van der Waals surface area (Å²) in [4.78, 5) is 22.3. The molecule has 1 unspecified atom stereocenters. The lowest BCUT2D eigenvalue weighted by Crippen LogP contribution is -2.19. The normalized spacial score (nSPS) is 19.7. The van der Waals surface area contributed by atoms with Crippen molar-refractivity contribution in [1.82, 2.24) is 5.32 Å². The number of ether oxygens (including phenoxy) is 1. The molecule has 1 atom stereocenters. The maximum atomic E-state index is 11.0. The molecule has 1 aromatic heterocycles. The molecule has 3 N–H and O–H groups in total. The van der Waals surface area contributed by atoms with E-state index in [1.807, 2.05) is 6.07 Å². The number of hydrogen-bond acceptors (Lipinski definition) is 4. The van der Waals surface area contributed by atoms with Crippen molar-refractivity contribution in [3.63, 3.8) is 0 Å². The lowest BCUT2D eigenvalue weighted by Gasteiger charge is -2.06. The Kier molecular flexibility index (Phi) is 2.59. The molecule has 2 amide bonds. The highest BCUT2D eigenvalue weighted by atomic mass is 32.1. The summed E-state index contributed by atoms with van der Waals surface area (Å²) in [6.07, 6.45) is -0.0818. The minimum Gasteiger partial charge on any atom is -0.444 e.